The van der Waals surface area contributed by atoms with E-state index in [2.05, 4.69) is 16.3 Å². The first-order valence-electron chi connectivity index (χ1n) is 6.39. The molecule has 96 valence electrons. The van der Waals surface area contributed by atoms with Crippen LogP contribution in [0.1, 0.15) is 6.92 Å². The number of nitrogens with zero attached hydrogens (tertiary/aromatic N) is 2. The number of aryl methyl sites for hydroxylation is 1. The van der Waals surface area contributed by atoms with E-state index in [0.29, 0.717) is 12.1 Å². The highest BCUT2D eigenvalue weighted by molar-refractivity contribution is 5.87. The van der Waals surface area contributed by atoms with Crippen LogP contribution in [0.15, 0.2) is 27.4 Å². The van der Waals surface area contributed by atoms with Gasteiger partial charge in [0.05, 0.1) is 5.69 Å². The van der Waals surface area contributed by atoms with Crippen molar-refractivity contribution >= 4 is 16.8 Å². The lowest BCUT2D eigenvalue weighted by atomic mass is 10.2. The molecule has 0 bridgehead atoms. The summed E-state index contributed by atoms with van der Waals surface area (Å²) in [5.74, 6) is -0.268. The van der Waals surface area contributed by atoms with Gasteiger partial charge in [0.25, 0.3) is 0 Å². The number of oxazole rings is 1. The second-order valence-corrected chi connectivity index (χ2v) is 4.47. The topological polar surface area (TPSA) is 50.4 Å². The molecule has 18 heavy (non-hydrogen) atoms. The molecule has 1 aromatic carbocycles. The summed E-state index contributed by atoms with van der Waals surface area (Å²) >= 11 is 0. The molecule has 0 spiro atoms. The molecule has 0 amide bonds. The maximum absolute atomic E-state index is 11.8. The number of anilines is 1. The first-order chi connectivity index (χ1) is 8.81. The largest absolute Gasteiger partial charge is 0.420 e. The monoisotopic (exact) mass is 247 g/mol. The van der Waals surface area contributed by atoms with Crippen LogP contribution in [0, 0.1) is 0 Å². The van der Waals surface area contributed by atoms with Crippen LogP contribution in [0.25, 0.3) is 11.1 Å². The smallest absolute Gasteiger partial charge is 0.408 e. The molecule has 0 atom stereocenters. The molecule has 5 heteroatoms. The molecule has 2 heterocycles. The molecule has 0 aliphatic carbocycles. The minimum Gasteiger partial charge on any atom is -0.408 e. The Labute approximate surface area is 105 Å². The van der Waals surface area contributed by atoms with Gasteiger partial charge >= 0.3 is 5.76 Å². The zero-order chi connectivity index (χ0) is 12.5. The summed E-state index contributed by atoms with van der Waals surface area (Å²) in [7, 11) is 0. The van der Waals surface area contributed by atoms with E-state index in [4.69, 9.17) is 4.42 Å². The van der Waals surface area contributed by atoms with Crippen LogP contribution in [-0.2, 0) is 6.54 Å². The van der Waals surface area contributed by atoms with Crippen LogP contribution in [0.4, 0.5) is 5.69 Å². The van der Waals surface area contributed by atoms with Gasteiger partial charge in [0.1, 0.15) is 5.52 Å². The van der Waals surface area contributed by atoms with Crippen molar-refractivity contribution in [2.45, 2.75) is 13.5 Å². The van der Waals surface area contributed by atoms with E-state index in [0.717, 1.165) is 37.4 Å². The average Bonchev–Trinajstić information content (AvgIpc) is 2.74. The molecule has 0 saturated carbocycles. The molecule has 1 aliphatic heterocycles. The fourth-order valence-electron chi connectivity index (χ4n) is 2.55. The number of piperazine rings is 1. The van der Waals surface area contributed by atoms with Crippen molar-refractivity contribution in [2.24, 2.45) is 0 Å². The van der Waals surface area contributed by atoms with Crippen molar-refractivity contribution in [3.05, 3.63) is 28.7 Å². The van der Waals surface area contributed by atoms with E-state index < -0.39 is 0 Å². The van der Waals surface area contributed by atoms with Gasteiger partial charge in [0, 0.05) is 32.7 Å². The zero-order valence-electron chi connectivity index (χ0n) is 10.5. The van der Waals surface area contributed by atoms with Gasteiger partial charge in [-0.2, -0.15) is 0 Å². The molecule has 1 aliphatic rings. The van der Waals surface area contributed by atoms with Crippen molar-refractivity contribution in [3.63, 3.8) is 0 Å². The quantitative estimate of drug-likeness (QED) is 0.861. The summed E-state index contributed by atoms with van der Waals surface area (Å²) < 4.78 is 6.99. The average molecular weight is 247 g/mol. The number of hydrogen-bond acceptors (Lipinski definition) is 4. The van der Waals surface area contributed by atoms with E-state index >= 15 is 0 Å². The fraction of sp³-hybridized carbons (Fsp3) is 0.462. The van der Waals surface area contributed by atoms with Gasteiger partial charge in [-0.3, -0.25) is 4.57 Å². The first-order valence-corrected chi connectivity index (χ1v) is 6.39. The Morgan fingerprint density at radius 3 is 2.83 bits per heavy atom. The van der Waals surface area contributed by atoms with Crippen molar-refractivity contribution in [1.29, 1.82) is 0 Å². The Bertz CT molecular complexity index is 608. The molecule has 0 radical (unpaired) electrons. The number of para-hydroxylation sites is 1. The van der Waals surface area contributed by atoms with Crippen LogP contribution in [0.2, 0.25) is 0 Å². The molecular weight excluding hydrogens is 230 g/mol. The second kappa shape index (κ2) is 4.49. The lowest BCUT2D eigenvalue weighted by molar-refractivity contribution is 0.513. The third kappa shape index (κ3) is 1.71. The van der Waals surface area contributed by atoms with E-state index in [1.807, 2.05) is 19.1 Å². The first kappa shape index (κ1) is 11.3. The van der Waals surface area contributed by atoms with Crippen LogP contribution in [-0.4, -0.2) is 30.7 Å². The zero-order valence-corrected chi connectivity index (χ0v) is 10.5. The third-order valence-electron chi connectivity index (χ3n) is 3.44. The maximum Gasteiger partial charge on any atom is 0.420 e. The Kier molecular flexibility index (Phi) is 2.83. The van der Waals surface area contributed by atoms with Crippen molar-refractivity contribution in [3.8, 4) is 0 Å². The number of hydrogen-bond donors (Lipinski definition) is 1. The van der Waals surface area contributed by atoms with Crippen LogP contribution in [0.3, 0.4) is 0 Å². The van der Waals surface area contributed by atoms with E-state index in [-0.39, 0.29) is 5.76 Å². The van der Waals surface area contributed by atoms with Gasteiger partial charge in [0.15, 0.2) is 5.58 Å². The number of nitrogens with one attached hydrogen (secondary N) is 1. The summed E-state index contributed by atoms with van der Waals surface area (Å²) in [6.07, 6.45) is 0. The highest BCUT2D eigenvalue weighted by Gasteiger charge is 2.18. The number of benzene rings is 1. The van der Waals surface area contributed by atoms with Crippen LogP contribution < -0.4 is 16.0 Å². The van der Waals surface area contributed by atoms with Crippen molar-refractivity contribution < 1.29 is 4.42 Å². The Morgan fingerprint density at radius 1 is 1.33 bits per heavy atom. The molecule has 1 N–H and O–H groups in total. The summed E-state index contributed by atoms with van der Waals surface area (Å²) in [5, 5.41) is 3.33. The maximum atomic E-state index is 11.8. The normalized spacial score (nSPS) is 16.4. The Morgan fingerprint density at radius 2 is 2.11 bits per heavy atom. The second-order valence-electron chi connectivity index (χ2n) is 4.47. The molecular formula is C13H17N3O2. The van der Waals surface area contributed by atoms with Crippen molar-refractivity contribution in [2.75, 3.05) is 31.1 Å². The molecule has 2 aromatic rings. The number of rotatable bonds is 2. The Hall–Kier alpha value is -1.75. The van der Waals surface area contributed by atoms with E-state index in [1.54, 1.807) is 4.57 Å². The summed E-state index contributed by atoms with van der Waals surface area (Å²) in [6, 6.07) is 5.87. The summed E-state index contributed by atoms with van der Waals surface area (Å²) in [6.45, 7) is 6.47. The van der Waals surface area contributed by atoms with Crippen LogP contribution in [0.5, 0.6) is 0 Å². The summed E-state index contributed by atoms with van der Waals surface area (Å²) in [5.41, 5.74) is 2.70. The number of aromatic nitrogens is 1. The molecule has 0 unspecified atom stereocenters. The molecule has 1 fully saturated rings. The minimum atomic E-state index is -0.268. The SMILES string of the molecule is CCn1c(=O)oc2cccc(N3CCNCC3)c21. The van der Waals surface area contributed by atoms with Gasteiger partial charge < -0.3 is 14.6 Å². The van der Waals surface area contributed by atoms with E-state index in [9.17, 15) is 4.79 Å². The predicted octanol–water partition coefficient (Wildman–Crippen LogP) is 1.02. The molecule has 1 aromatic heterocycles. The molecule has 5 nitrogen and oxygen atoms in total. The number of fused-ring (bicyclic) bond motifs is 1. The van der Waals surface area contributed by atoms with Gasteiger partial charge in [0.2, 0.25) is 0 Å². The molecule has 1 saturated heterocycles. The lowest BCUT2D eigenvalue weighted by Crippen LogP contribution is -2.43. The highest BCUT2D eigenvalue weighted by atomic mass is 16.4. The Balaban J connectivity index is 2.18. The van der Waals surface area contributed by atoms with E-state index in [1.165, 1.54) is 0 Å². The van der Waals surface area contributed by atoms with Crippen LogP contribution >= 0.6 is 0 Å². The van der Waals surface area contributed by atoms with Gasteiger partial charge in [-0.05, 0) is 19.1 Å². The van der Waals surface area contributed by atoms with Gasteiger partial charge in [-0.15, -0.1) is 0 Å². The van der Waals surface area contributed by atoms with Crippen molar-refractivity contribution in [1.82, 2.24) is 9.88 Å². The minimum absolute atomic E-state index is 0.268. The fourth-order valence-corrected chi connectivity index (χ4v) is 2.55. The molecule has 3 rings (SSSR count). The predicted molar refractivity (Wildman–Crippen MR) is 71.2 cm³/mol. The van der Waals surface area contributed by atoms with Gasteiger partial charge in [-0.25, -0.2) is 4.79 Å². The third-order valence-corrected chi connectivity index (χ3v) is 3.44. The standard InChI is InChI=1S/C13H17N3O2/c1-2-16-12-10(15-8-6-14-7-9-15)4-3-5-11(12)18-13(16)17/h3-5,14H,2,6-9H2,1H3. The van der Waals surface area contributed by atoms with Gasteiger partial charge in [-0.1, -0.05) is 6.07 Å². The summed E-state index contributed by atoms with van der Waals surface area (Å²) in [4.78, 5) is 14.1. The highest BCUT2D eigenvalue weighted by Crippen LogP contribution is 2.26. The lowest BCUT2D eigenvalue weighted by Gasteiger charge is -2.29.